The predicted molar refractivity (Wildman–Crippen MR) is 103 cm³/mol. The van der Waals surface area contributed by atoms with Gasteiger partial charge in [0.05, 0.1) is 6.54 Å². The van der Waals surface area contributed by atoms with Crippen molar-refractivity contribution < 1.29 is 13.2 Å². The van der Waals surface area contributed by atoms with Gasteiger partial charge in [-0.05, 0) is 58.0 Å². The highest BCUT2D eigenvalue weighted by atomic mass is 19.4. The van der Waals surface area contributed by atoms with Gasteiger partial charge in [-0.15, -0.1) is 10.2 Å². The van der Waals surface area contributed by atoms with Crippen LogP contribution in [-0.4, -0.2) is 71.1 Å². The third-order valence-corrected chi connectivity index (χ3v) is 4.86. The van der Waals surface area contributed by atoms with Crippen LogP contribution < -0.4 is 10.6 Å². The molecule has 10 heteroatoms. The van der Waals surface area contributed by atoms with Crippen LogP contribution in [0.3, 0.4) is 0 Å². The standard InChI is InChI=1S/C18H32F3N7/c1-2-22-17(23-8-3-4-10-28-14-25-26-15-28)24-9-5-16-6-11-27(12-7-16)13-18(19,20)21/h14-16H,2-13H2,1H3,(H2,22,23,24). The largest absolute Gasteiger partial charge is 0.401 e. The number of alkyl halides is 3. The van der Waals surface area contributed by atoms with Crippen LogP contribution in [0.4, 0.5) is 13.2 Å². The molecule has 0 atom stereocenters. The van der Waals surface area contributed by atoms with E-state index in [-0.39, 0.29) is 0 Å². The molecule has 28 heavy (non-hydrogen) atoms. The first-order valence-corrected chi connectivity index (χ1v) is 10.1. The van der Waals surface area contributed by atoms with Crippen LogP contribution in [0.1, 0.15) is 39.0 Å². The Labute approximate surface area is 164 Å². The number of aromatic nitrogens is 3. The Bertz CT molecular complexity index is 552. The fourth-order valence-electron chi connectivity index (χ4n) is 3.36. The SMILES string of the molecule is CCNC(=NCCCCn1cnnc1)NCCC1CCN(CC(F)(F)F)CC1. The molecule has 0 aromatic carbocycles. The van der Waals surface area contributed by atoms with Crippen LogP contribution in [-0.2, 0) is 6.54 Å². The molecule has 2 N–H and O–H groups in total. The van der Waals surface area contributed by atoms with E-state index < -0.39 is 12.7 Å². The van der Waals surface area contributed by atoms with Crippen LogP contribution in [0.2, 0.25) is 0 Å². The molecule has 2 heterocycles. The zero-order valence-corrected chi connectivity index (χ0v) is 16.6. The fourth-order valence-corrected chi connectivity index (χ4v) is 3.36. The van der Waals surface area contributed by atoms with Gasteiger partial charge in [0.15, 0.2) is 5.96 Å². The van der Waals surface area contributed by atoms with E-state index in [1.807, 2.05) is 11.5 Å². The fraction of sp³-hybridized carbons (Fsp3) is 0.833. The quantitative estimate of drug-likeness (QED) is 0.356. The van der Waals surface area contributed by atoms with E-state index in [0.717, 1.165) is 64.2 Å². The second-order valence-corrected chi connectivity index (χ2v) is 7.22. The lowest BCUT2D eigenvalue weighted by Crippen LogP contribution is -2.41. The maximum Gasteiger partial charge on any atom is 0.401 e. The number of unbranched alkanes of at least 4 members (excludes halogenated alkanes) is 1. The molecule has 0 amide bonds. The molecule has 7 nitrogen and oxygen atoms in total. The summed E-state index contributed by atoms with van der Waals surface area (Å²) in [5.74, 6) is 1.28. The van der Waals surface area contributed by atoms with Gasteiger partial charge in [-0.1, -0.05) is 0 Å². The van der Waals surface area contributed by atoms with Crippen molar-refractivity contribution in [3.8, 4) is 0 Å². The lowest BCUT2D eigenvalue weighted by Gasteiger charge is -2.32. The number of halogens is 3. The van der Waals surface area contributed by atoms with Crippen molar-refractivity contribution >= 4 is 5.96 Å². The molecule has 1 saturated heterocycles. The molecule has 0 aliphatic carbocycles. The van der Waals surface area contributed by atoms with Crippen molar-refractivity contribution in [3.05, 3.63) is 12.7 Å². The Morgan fingerprint density at radius 3 is 2.50 bits per heavy atom. The van der Waals surface area contributed by atoms with Gasteiger partial charge in [-0.3, -0.25) is 9.89 Å². The average Bonchev–Trinajstić information content (AvgIpc) is 3.15. The molecule has 0 spiro atoms. The maximum atomic E-state index is 12.4. The summed E-state index contributed by atoms with van der Waals surface area (Å²) in [6, 6.07) is 0. The monoisotopic (exact) mass is 403 g/mol. The third kappa shape index (κ3) is 9.38. The molecule has 1 aliphatic rings. The summed E-state index contributed by atoms with van der Waals surface area (Å²) in [7, 11) is 0. The molecule has 1 fully saturated rings. The summed E-state index contributed by atoms with van der Waals surface area (Å²) < 4.78 is 39.3. The molecule has 1 aromatic heterocycles. The van der Waals surface area contributed by atoms with E-state index in [1.165, 1.54) is 4.90 Å². The summed E-state index contributed by atoms with van der Waals surface area (Å²) in [4.78, 5) is 6.10. The highest BCUT2D eigenvalue weighted by molar-refractivity contribution is 5.79. The minimum absolute atomic E-state index is 0.476. The molecular weight excluding hydrogens is 371 g/mol. The van der Waals surface area contributed by atoms with Crippen LogP contribution in [0.5, 0.6) is 0 Å². The van der Waals surface area contributed by atoms with E-state index in [2.05, 4.69) is 25.8 Å². The predicted octanol–water partition coefficient (Wildman–Crippen LogP) is 2.28. The maximum absolute atomic E-state index is 12.4. The summed E-state index contributed by atoms with van der Waals surface area (Å²) in [6.45, 7) is 5.52. The van der Waals surface area contributed by atoms with Crippen molar-refractivity contribution in [1.82, 2.24) is 30.3 Å². The van der Waals surface area contributed by atoms with E-state index in [4.69, 9.17) is 0 Å². The first-order chi connectivity index (χ1) is 13.5. The van der Waals surface area contributed by atoms with Crippen molar-refractivity contribution in [2.45, 2.75) is 51.7 Å². The highest BCUT2D eigenvalue weighted by Crippen LogP contribution is 2.23. The molecule has 0 bridgehead atoms. The van der Waals surface area contributed by atoms with Gasteiger partial charge in [-0.2, -0.15) is 13.2 Å². The topological polar surface area (TPSA) is 70.4 Å². The van der Waals surface area contributed by atoms with Crippen molar-refractivity contribution in [3.63, 3.8) is 0 Å². The Hall–Kier alpha value is -1.84. The van der Waals surface area contributed by atoms with Crippen molar-refractivity contribution in [2.24, 2.45) is 10.9 Å². The zero-order chi connectivity index (χ0) is 20.2. The molecule has 0 radical (unpaired) electrons. The molecular formula is C18H32F3N7. The van der Waals surface area contributed by atoms with Gasteiger partial charge in [0, 0.05) is 26.2 Å². The smallest absolute Gasteiger partial charge is 0.357 e. The number of aryl methyl sites for hydroxylation is 1. The molecule has 1 aromatic rings. The molecule has 1 aliphatic heterocycles. The molecule has 0 unspecified atom stereocenters. The number of aliphatic imine (C=N–C) groups is 1. The second kappa shape index (κ2) is 11.9. The van der Waals surface area contributed by atoms with Crippen molar-refractivity contribution in [2.75, 3.05) is 39.3 Å². The molecule has 0 saturated carbocycles. The Balaban J connectivity index is 1.59. The number of guanidine groups is 1. The first-order valence-electron chi connectivity index (χ1n) is 10.1. The number of hydrogen-bond donors (Lipinski definition) is 2. The normalized spacial score (nSPS) is 17.1. The first kappa shape index (κ1) is 22.4. The summed E-state index contributed by atoms with van der Waals surface area (Å²) in [5, 5.41) is 14.1. The highest BCUT2D eigenvalue weighted by Gasteiger charge is 2.32. The Kier molecular flexibility index (Phi) is 9.52. The molecule has 160 valence electrons. The third-order valence-electron chi connectivity index (χ3n) is 4.86. The Morgan fingerprint density at radius 2 is 1.86 bits per heavy atom. The number of nitrogens with one attached hydrogen (secondary N) is 2. The van der Waals surface area contributed by atoms with Gasteiger partial charge in [0.25, 0.3) is 0 Å². The van der Waals surface area contributed by atoms with Gasteiger partial charge in [0.1, 0.15) is 12.7 Å². The van der Waals surface area contributed by atoms with Gasteiger partial charge in [0.2, 0.25) is 0 Å². The van der Waals surface area contributed by atoms with E-state index >= 15 is 0 Å². The van der Waals surface area contributed by atoms with E-state index in [1.54, 1.807) is 12.7 Å². The lowest BCUT2D eigenvalue weighted by molar-refractivity contribution is -0.148. The Morgan fingerprint density at radius 1 is 1.14 bits per heavy atom. The minimum atomic E-state index is -4.10. The van der Waals surface area contributed by atoms with Crippen molar-refractivity contribution in [1.29, 1.82) is 0 Å². The van der Waals surface area contributed by atoms with E-state index in [9.17, 15) is 13.2 Å². The number of nitrogens with zero attached hydrogens (tertiary/aromatic N) is 5. The van der Waals surface area contributed by atoms with Gasteiger partial charge < -0.3 is 15.2 Å². The van der Waals surface area contributed by atoms with Crippen LogP contribution >= 0.6 is 0 Å². The van der Waals surface area contributed by atoms with Gasteiger partial charge >= 0.3 is 6.18 Å². The number of piperidine rings is 1. The van der Waals surface area contributed by atoms with Gasteiger partial charge in [-0.25, -0.2) is 0 Å². The minimum Gasteiger partial charge on any atom is -0.357 e. The number of likely N-dealkylation sites (tertiary alicyclic amines) is 1. The average molecular weight is 403 g/mol. The van der Waals surface area contributed by atoms with Crippen LogP contribution in [0.15, 0.2) is 17.6 Å². The lowest BCUT2D eigenvalue weighted by atomic mass is 9.93. The second-order valence-electron chi connectivity index (χ2n) is 7.22. The summed E-state index contributed by atoms with van der Waals surface area (Å²) in [6.07, 6.45) is 3.93. The van der Waals surface area contributed by atoms with Crippen LogP contribution in [0.25, 0.3) is 0 Å². The summed E-state index contributed by atoms with van der Waals surface area (Å²) >= 11 is 0. The summed E-state index contributed by atoms with van der Waals surface area (Å²) in [5.41, 5.74) is 0. The van der Waals surface area contributed by atoms with E-state index in [0.29, 0.717) is 19.0 Å². The zero-order valence-electron chi connectivity index (χ0n) is 16.6. The number of hydrogen-bond acceptors (Lipinski definition) is 4. The van der Waals surface area contributed by atoms with Crippen LogP contribution in [0, 0.1) is 5.92 Å². The molecule has 2 rings (SSSR count). The number of rotatable bonds is 10.